The predicted octanol–water partition coefficient (Wildman–Crippen LogP) is 2.17. The van der Waals surface area contributed by atoms with Crippen LogP contribution in [0.2, 0.25) is 0 Å². The summed E-state index contributed by atoms with van der Waals surface area (Å²) in [4.78, 5) is 0. The summed E-state index contributed by atoms with van der Waals surface area (Å²) in [6.45, 7) is 9.37. The molecule has 14 heavy (non-hydrogen) atoms. The lowest BCUT2D eigenvalue weighted by Gasteiger charge is -2.36. The average molecular weight is 199 g/mol. The quantitative estimate of drug-likeness (QED) is 0.711. The number of nitrogens with one attached hydrogen (secondary N) is 1. The van der Waals surface area contributed by atoms with E-state index in [1.165, 1.54) is 19.3 Å². The van der Waals surface area contributed by atoms with Crippen LogP contribution in [0.5, 0.6) is 0 Å². The molecule has 0 heterocycles. The fourth-order valence-electron chi connectivity index (χ4n) is 2.03. The largest absolute Gasteiger partial charge is 0.392 e. The van der Waals surface area contributed by atoms with Gasteiger partial charge in [-0.25, -0.2) is 0 Å². The van der Waals surface area contributed by atoms with Crippen LogP contribution in [-0.2, 0) is 0 Å². The summed E-state index contributed by atoms with van der Waals surface area (Å²) in [5, 5.41) is 13.6. The van der Waals surface area contributed by atoms with E-state index in [0.29, 0.717) is 12.0 Å². The van der Waals surface area contributed by atoms with Crippen molar-refractivity contribution in [2.75, 3.05) is 6.54 Å². The molecule has 1 aliphatic carbocycles. The molecule has 2 nitrogen and oxygen atoms in total. The predicted molar refractivity (Wildman–Crippen MR) is 60.3 cm³/mol. The summed E-state index contributed by atoms with van der Waals surface area (Å²) in [6, 6.07) is 0.716. The molecule has 1 saturated carbocycles. The average Bonchev–Trinajstić information content (AvgIpc) is 1.99. The van der Waals surface area contributed by atoms with Gasteiger partial charge in [0.2, 0.25) is 0 Å². The molecule has 2 heteroatoms. The van der Waals surface area contributed by atoms with Crippen LogP contribution in [0.25, 0.3) is 0 Å². The maximum atomic E-state index is 10.0. The van der Waals surface area contributed by atoms with Crippen LogP contribution < -0.4 is 5.32 Å². The van der Waals surface area contributed by atoms with Crippen LogP contribution in [-0.4, -0.2) is 23.8 Å². The summed E-state index contributed by atoms with van der Waals surface area (Å²) >= 11 is 0. The molecule has 0 aliphatic heterocycles. The smallest absolute Gasteiger partial charge is 0.0626 e. The molecule has 0 bridgehead atoms. The lowest BCUT2D eigenvalue weighted by atomic mass is 9.80. The SMILES string of the molecule is CC(C)C(O)C(C)(C)CNC1CCC1. The molecule has 1 unspecified atom stereocenters. The Morgan fingerprint density at radius 2 is 1.93 bits per heavy atom. The molecular weight excluding hydrogens is 174 g/mol. The fraction of sp³-hybridized carbons (Fsp3) is 1.00. The van der Waals surface area contributed by atoms with E-state index >= 15 is 0 Å². The fourth-order valence-corrected chi connectivity index (χ4v) is 2.03. The van der Waals surface area contributed by atoms with Crippen LogP contribution in [0.1, 0.15) is 47.0 Å². The van der Waals surface area contributed by atoms with Crippen LogP contribution in [0.4, 0.5) is 0 Å². The van der Waals surface area contributed by atoms with E-state index in [1.807, 2.05) is 0 Å². The van der Waals surface area contributed by atoms with Crippen molar-refractivity contribution >= 4 is 0 Å². The number of hydrogen-bond acceptors (Lipinski definition) is 2. The van der Waals surface area contributed by atoms with E-state index in [9.17, 15) is 5.11 Å². The highest BCUT2D eigenvalue weighted by molar-refractivity contribution is 4.85. The van der Waals surface area contributed by atoms with Crippen molar-refractivity contribution in [1.29, 1.82) is 0 Å². The number of aliphatic hydroxyl groups is 1. The van der Waals surface area contributed by atoms with Crippen molar-refractivity contribution in [2.24, 2.45) is 11.3 Å². The Hall–Kier alpha value is -0.0800. The van der Waals surface area contributed by atoms with Crippen molar-refractivity contribution in [1.82, 2.24) is 5.32 Å². The zero-order chi connectivity index (χ0) is 10.8. The zero-order valence-corrected chi connectivity index (χ0v) is 10.0. The van der Waals surface area contributed by atoms with Gasteiger partial charge in [-0.1, -0.05) is 34.1 Å². The number of rotatable bonds is 5. The van der Waals surface area contributed by atoms with Gasteiger partial charge < -0.3 is 10.4 Å². The number of hydrogen-bond donors (Lipinski definition) is 2. The molecule has 84 valence electrons. The van der Waals surface area contributed by atoms with E-state index in [1.54, 1.807) is 0 Å². The molecule has 0 amide bonds. The van der Waals surface area contributed by atoms with Crippen molar-refractivity contribution in [3.05, 3.63) is 0 Å². The van der Waals surface area contributed by atoms with Crippen LogP contribution in [0.15, 0.2) is 0 Å². The van der Waals surface area contributed by atoms with E-state index < -0.39 is 0 Å². The van der Waals surface area contributed by atoms with Crippen LogP contribution in [0.3, 0.4) is 0 Å². The maximum Gasteiger partial charge on any atom is 0.0626 e. The van der Waals surface area contributed by atoms with Gasteiger partial charge in [0.25, 0.3) is 0 Å². The van der Waals surface area contributed by atoms with Gasteiger partial charge in [0, 0.05) is 18.0 Å². The van der Waals surface area contributed by atoms with Crippen LogP contribution in [0, 0.1) is 11.3 Å². The van der Waals surface area contributed by atoms with Gasteiger partial charge in [-0.05, 0) is 18.8 Å². The van der Waals surface area contributed by atoms with Gasteiger partial charge in [0.15, 0.2) is 0 Å². The first-order chi connectivity index (χ1) is 6.43. The Labute approximate surface area is 88.1 Å². The minimum absolute atomic E-state index is 0.0102. The Morgan fingerprint density at radius 1 is 1.36 bits per heavy atom. The third kappa shape index (κ3) is 2.96. The van der Waals surface area contributed by atoms with Crippen LogP contribution >= 0.6 is 0 Å². The minimum atomic E-state index is -0.213. The minimum Gasteiger partial charge on any atom is -0.392 e. The molecule has 0 spiro atoms. The number of aliphatic hydroxyl groups excluding tert-OH is 1. The first kappa shape index (κ1) is 12.0. The lowest BCUT2D eigenvalue weighted by Crippen LogP contribution is -2.46. The molecule has 0 saturated heterocycles. The normalized spacial score (nSPS) is 21.0. The summed E-state index contributed by atoms with van der Waals surface area (Å²) in [5.41, 5.74) is -0.0102. The molecular formula is C12H25NO. The second-order valence-electron chi connectivity index (χ2n) is 5.69. The molecule has 1 rings (SSSR count). The molecule has 0 aromatic rings. The molecule has 0 aromatic heterocycles. The Morgan fingerprint density at radius 3 is 2.29 bits per heavy atom. The van der Waals surface area contributed by atoms with Crippen molar-refractivity contribution in [3.8, 4) is 0 Å². The highest BCUT2D eigenvalue weighted by Crippen LogP contribution is 2.26. The summed E-state index contributed by atoms with van der Waals surface area (Å²) in [6.07, 6.45) is 3.78. The molecule has 0 radical (unpaired) electrons. The third-order valence-electron chi connectivity index (χ3n) is 3.38. The molecule has 0 aromatic carbocycles. The summed E-state index contributed by atoms with van der Waals surface area (Å²) in [7, 11) is 0. The third-order valence-corrected chi connectivity index (χ3v) is 3.38. The monoisotopic (exact) mass is 199 g/mol. The van der Waals surface area contributed by atoms with Crippen molar-refractivity contribution in [2.45, 2.75) is 59.1 Å². The van der Waals surface area contributed by atoms with Gasteiger partial charge in [-0.2, -0.15) is 0 Å². The first-order valence-corrected chi connectivity index (χ1v) is 5.85. The van der Waals surface area contributed by atoms with Gasteiger partial charge in [-0.3, -0.25) is 0 Å². The second-order valence-corrected chi connectivity index (χ2v) is 5.69. The van der Waals surface area contributed by atoms with Crippen molar-refractivity contribution < 1.29 is 5.11 Å². The standard InChI is InChI=1S/C12H25NO/c1-9(2)11(14)12(3,4)8-13-10-6-5-7-10/h9-11,13-14H,5-8H2,1-4H3. The Kier molecular flexibility index (Phi) is 3.96. The first-order valence-electron chi connectivity index (χ1n) is 5.85. The highest BCUT2D eigenvalue weighted by atomic mass is 16.3. The van der Waals surface area contributed by atoms with Gasteiger partial charge in [0.05, 0.1) is 6.10 Å². The molecule has 1 atom stereocenters. The van der Waals surface area contributed by atoms with Gasteiger partial charge in [-0.15, -0.1) is 0 Å². The topological polar surface area (TPSA) is 32.3 Å². The highest BCUT2D eigenvalue weighted by Gasteiger charge is 2.31. The Bertz CT molecular complexity index is 173. The second kappa shape index (κ2) is 4.63. The van der Waals surface area contributed by atoms with E-state index in [2.05, 4.69) is 33.0 Å². The summed E-state index contributed by atoms with van der Waals surface area (Å²) < 4.78 is 0. The zero-order valence-electron chi connectivity index (χ0n) is 10.0. The van der Waals surface area contributed by atoms with E-state index in [4.69, 9.17) is 0 Å². The Balaban J connectivity index is 2.31. The lowest BCUT2D eigenvalue weighted by molar-refractivity contribution is 0.0106. The molecule has 1 aliphatic rings. The molecule has 1 fully saturated rings. The van der Waals surface area contributed by atoms with Crippen molar-refractivity contribution in [3.63, 3.8) is 0 Å². The molecule has 2 N–H and O–H groups in total. The maximum absolute atomic E-state index is 10.0. The van der Waals surface area contributed by atoms with E-state index in [0.717, 1.165) is 6.54 Å². The van der Waals surface area contributed by atoms with Gasteiger partial charge in [0.1, 0.15) is 0 Å². The van der Waals surface area contributed by atoms with Gasteiger partial charge >= 0.3 is 0 Å². The summed E-state index contributed by atoms with van der Waals surface area (Å²) in [5.74, 6) is 0.341. The van der Waals surface area contributed by atoms with E-state index in [-0.39, 0.29) is 11.5 Å².